The molecule has 0 atom stereocenters. The molecule has 1 aliphatic carbocycles. The first-order valence-electron chi connectivity index (χ1n) is 7.40. The SMILES string of the molecule is CCC1(C(=O)c2ccc(Cl)c3ccccc23)CCCC1. The Morgan fingerprint density at radius 3 is 2.40 bits per heavy atom. The summed E-state index contributed by atoms with van der Waals surface area (Å²) in [7, 11) is 0. The van der Waals surface area contributed by atoms with Gasteiger partial charge in [0.25, 0.3) is 0 Å². The zero-order chi connectivity index (χ0) is 14.2. The quantitative estimate of drug-likeness (QED) is 0.667. The second-order valence-electron chi connectivity index (χ2n) is 5.81. The molecule has 1 nitrogen and oxygen atoms in total. The monoisotopic (exact) mass is 286 g/mol. The molecule has 2 aromatic carbocycles. The van der Waals surface area contributed by atoms with E-state index in [1.54, 1.807) is 0 Å². The van der Waals surface area contributed by atoms with Crippen LogP contribution in [0.3, 0.4) is 0 Å². The van der Waals surface area contributed by atoms with E-state index in [9.17, 15) is 4.79 Å². The van der Waals surface area contributed by atoms with Crippen LogP contribution in [0, 0.1) is 5.41 Å². The largest absolute Gasteiger partial charge is 0.294 e. The number of rotatable bonds is 3. The van der Waals surface area contributed by atoms with Crippen LogP contribution in [0.2, 0.25) is 5.02 Å². The Kier molecular flexibility index (Phi) is 3.55. The van der Waals surface area contributed by atoms with Crippen LogP contribution in [0.5, 0.6) is 0 Å². The van der Waals surface area contributed by atoms with E-state index in [-0.39, 0.29) is 5.41 Å². The highest BCUT2D eigenvalue weighted by molar-refractivity contribution is 6.36. The van der Waals surface area contributed by atoms with Crippen molar-refractivity contribution in [1.29, 1.82) is 0 Å². The standard InChI is InChI=1S/C18H19ClO/c1-2-18(11-5-6-12-18)17(20)15-9-10-16(19)14-8-4-3-7-13(14)15/h3-4,7-10H,2,5-6,11-12H2,1H3. The van der Waals surface area contributed by atoms with Gasteiger partial charge in [-0.1, -0.05) is 55.6 Å². The van der Waals surface area contributed by atoms with Gasteiger partial charge in [-0.2, -0.15) is 0 Å². The summed E-state index contributed by atoms with van der Waals surface area (Å²) in [6, 6.07) is 11.7. The molecule has 3 rings (SSSR count). The Balaban J connectivity index is 2.15. The molecule has 0 spiro atoms. The second-order valence-corrected chi connectivity index (χ2v) is 6.22. The zero-order valence-electron chi connectivity index (χ0n) is 11.8. The Hall–Kier alpha value is -1.34. The number of fused-ring (bicyclic) bond motifs is 1. The van der Waals surface area contributed by atoms with E-state index in [2.05, 4.69) is 6.92 Å². The first-order valence-corrected chi connectivity index (χ1v) is 7.78. The molecule has 0 N–H and O–H groups in total. The summed E-state index contributed by atoms with van der Waals surface area (Å²) in [6.45, 7) is 2.14. The van der Waals surface area contributed by atoms with Crippen LogP contribution in [0.4, 0.5) is 0 Å². The van der Waals surface area contributed by atoms with E-state index >= 15 is 0 Å². The average Bonchev–Trinajstić information content (AvgIpc) is 2.97. The number of halogens is 1. The van der Waals surface area contributed by atoms with Crippen molar-refractivity contribution >= 4 is 28.2 Å². The van der Waals surface area contributed by atoms with Crippen molar-refractivity contribution < 1.29 is 4.79 Å². The minimum Gasteiger partial charge on any atom is -0.294 e. The predicted molar refractivity (Wildman–Crippen MR) is 84.5 cm³/mol. The molecule has 0 aromatic heterocycles. The minimum atomic E-state index is -0.142. The zero-order valence-corrected chi connectivity index (χ0v) is 12.5. The maximum Gasteiger partial charge on any atom is 0.169 e. The van der Waals surface area contributed by atoms with Crippen LogP contribution in [0.15, 0.2) is 36.4 Å². The number of Topliss-reactive ketones (excluding diaryl/α,β-unsaturated/α-hetero) is 1. The van der Waals surface area contributed by atoms with Gasteiger partial charge >= 0.3 is 0 Å². The summed E-state index contributed by atoms with van der Waals surface area (Å²) in [5.74, 6) is 0.311. The van der Waals surface area contributed by atoms with Gasteiger partial charge in [0, 0.05) is 21.4 Å². The third-order valence-corrected chi connectivity index (χ3v) is 5.16. The second kappa shape index (κ2) is 5.21. The number of carbonyl (C=O) groups is 1. The summed E-state index contributed by atoms with van der Waals surface area (Å²) in [5.41, 5.74) is 0.699. The fourth-order valence-corrected chi connectivity index (χ4v) is 3.77. The van der Waals surface area contributed by atoms with Crippen molar-refractivity contribution in [3.05, 3.63) is 47.0 Å². The van der Waals surface area contributed by atoms with Crippen LogP contribution in [-0.4, -0.2) is 5.78 Å². The summed E-state index contributed by atoms with van der Waals surface area (Å²) >= 11 is 6.25. The molecule has 1 saturated carbocycles. The number of ketones is 1. The highest BCUT2D eigenvalue weighted by Gasteiger charge is 2.40. The van der Waals surface area contributed by atoms with Crippen molar-refractivity contribution in [1.82, 2.24) is 0 Å². The highest BCUT2D eigenvalue weighted by Crippen LogP contribution is 2.44. The molecular formula is C18H19ClO. The Morgan fingerprint density at radius 1 is 1.10 bits per heavy atom. The van der Waals surface area contributed by atoms with Gasteiger partial charge in [0.05, 0.1) is 0 Å². The third kappa shape index (κ3) is 2.05. The van der Waals surface area contributed by atoms with Gasteiger partial charge in [0.1, 0.15) is 0 Å². The molecule has 1 aliphatic rings. The van der Waals surface area contributed by atoms with Crippen molar-refractivity contribution in [3.8, 4) is 0 Å². The number of hydrogen-bond acceptors (Lipinski definition) is 1. The first kappa shape index (κ1) is 13.6. The van der Waals surface area contributed by atoms with Crippen LogP contribution in [-0.2, 0) is 0 Å². The van der Waals surface area contributed by atoms with E-state index in [0.717, 1.165) is 35.6 Å². The van der Waals surface area contributed by atoms with E-state index in [4.69, 9.17) is 11.6 Å². The molecule has 0 amide bonds. The molecule has 0 unspecified atom stereocenters. The molecule has 0 bridgehead atoms. The topological polar surface area (TPSA) is 17.1 Å². The maximum absolute atomic E-state index is 13.1. The lowest BCUT2D eigenvalue weighted by Crippen LogP contribution is -2.27. The van der Waals surface area contributed by atoms with Crippen LogP contribution < -0.4 is 0 Å². The smallest absolute Gasteiger partial charge is 0.169 e. The minimum absolute atomic E-state index is 0.142. The molecule has 2 heteroatoms. The number of hydrogen-bond donors (Lipinski definition) is 0. The molecular weight excluding hydrogens is 268 g/mol. The molecule has 0 heterocycles. The van der Waals surface area contributed by atoms with Gasteiger partial charge in [-0.05, 0) is 36.8 Å². The van der Waals surface area contributed by atoms with Crippen molar-refractivity contribution in [3.63, 3.8) is 0 Å². The molecule has 104 valence electrons. The lowest BCUT2D eigenvalue weighted by molar-refractivity contribution is 0.0793. The van der Waals surface area contributed by atoms with Gasteiger partial charge < -0.3 is 0 Å². The summed E-state index contributed by atoms with van der Waals surface area (Å²) in [4.78, 5) is 13.1. The summed E-state index contributed by atoms with van der Waals surface area (Å²) in [6.07, 6.45) is 5.33. The molecule has 1 fully saturated rings. The van der Waals surface area contributed by atoms with E-state index < -0.39 is 0 Å². The number of benzene rings is 2. The summed E-state index contributed by atoms with van der Waals surface area (Å²) < 4.78 is 0. The first-order chi connectivity index (χ1) is 9.68. The highest BCUT2D eigenvalue weighted by atomic mass is 35.5. The molecule has 2 aromatic rings. The molecule has 0 radical (unpaired) electrons. The fourth-order valence-electron chi connectivity index (χ4n) is 3.54. The van der Waals surface area contributed by atoms with Gasteiger partial charge in [-0.3, -0.25) is 4.79 Å². The van der Waals surface area contributed by atoms with Crippen molar-refractivity contribution in [2.24, 2.45) is 5.41 Å². The van der Waals surface area contributed by atoms with E-state index in [1.807, 2.05) is 36.4 Å². The summed E-state index contributed by atoms with van der Waals surface area (Å²) in [5, 5.41) is 2.68. The van der Waals surface area contributed by atoms with Gasteiger partial charge in [-0.15, -0.1) is 0 Å². The Morgan fingerprint density at radius 2 is 1.75 bits per heavy atom. The van der Waals surface area contributed by atoms with Crippen LogP contribution in [0.1, 0.15) is 49.4 Å². The van der Waals surface area contributed by atoms with Crippen LogP contribution >= 0.6 is 11.6 Å². The van der Waals surface area contributed by atoms with Gasteiger partial charge in [0.2, 0.25) is 0 Å². The molecule has 0 aliphatic heterocycles. The van der Waals surface area contributed by atoms with Gasteiger partial charge in [0.15, 0.2) is 5.78 Å². The lowest BCUT2D eigenvalue weighted by atomic mass is 9.76. The van der Waals surface area contributed by atoms with Crippen molar-refractivity contribution in [2.45, 2.75) is 39.0 Å². The predicted octanol–water partition coefficient (Wildman–Crippen LogP) is 5.65. The fraction of sp³-hybridized carbons (Fsp3) is 0.389. The normalized spacial score (nSPS) is 17.5. The van der Waals surface area contributed by atoms with E-state index in [0.29, 0.717) is 10.8 Å². The van der Waals surface area contributed by atoms with Crippen molar-refractivity contribution in [2.75, 3.05) is 0 Å². The molecule has 20 heavy (non-hydrogen) atoms. The lowest BCUT2D eigenvalue weighted by Gasteiger charge is -2.26. The van der Waals surface area contributed by atoms with E-state index in [1.165, 1.54) is 12.8 Å². The molecule has 0 saturated heterocycles. The van der Waals surface area contributed by atoms with Crippen LogP contribution in [0.25, 0.3) is 10.8 Å². The van der Waals surface area contributed by atoms with Gasteiger partial charge in [-0.25, -0.2) is 0 Å². The Bertz CT molecular complexity index is 654. The third-order valence-electron chi connectivity index (χ3n) is 4.83. The Labute approximate surface area is 124 Å². The maximum atomic E-state index is 13.1. The number of carbonyl (C=O) groups excluding carboxylic acids is 1. The average molecular weight is 287 g/mol.